The fraction of sp³-hybridized carbons (Fsp3) is 0.360. The minimum Gasteiger partial charge on any atom is -0.395 e. The number of hydrogen-bond donors (Lipinski definition) is 1. The molecule has 1 saturated heterocycles. The van der Waals surface area contributed by atoms with Crippen LogP contribution in [-0.2, 0) is 9.59 Å². The van der Waals surface area contributed by atoms with E-state index in [0.29, 0.717) is 61.2 Å². The number of benzene rings is 2. The van der Waals surface area contributed by atoms with E-state index in [1.165, 1.54) is 17.0 Å². The zero-order valence-electron chi connectivity index (χ0n) is 18.4. The summed E-state index contributed by atoms with van der Waals surface area (Å²) in [6.45, 7) is 7.35. The van der Waals surface area contributed by atoms with E-state index in [1.807, 2.05) is 17.0 Å². The molecule has 0 unspecified atom stereocenters. The topological polar surface area (TPSA) is 64.1 Å². The van der Waals surface area contributed by atoms with E-state index in [4.69, 9.17) is 0 Å². The molecule has 2 aliphatic heterocycles. The van der Waals surface area contributed by atoms with Crippen LogP contribution in [0.5, 0.6) is 0 Å². The summed E-state index contributed by atoms with van der Waals surface area (Å²) in [6.07, 6.45) is 0. The fourth-order valence-electron chi connectivity index (χ4n) is 4.27. The van der Waals surface area contributed by atoms with Gasteiger partial charge in [-0.2, -0.15) is 0 Å². The molecule has 0 bridgehead atoms. The van der Waals surface area contributed by atoms with Gasteiger partial charge in [0.1, 0.15) is 11.5 Å². The Balaban J connectivity index is 1.71. The molecule has 0 aromatic heterocycles. The first kappa shape index (κ1) is 22.2. The van der Waals surface area contributed by atoms with Gasteiger partial charge in [-0.05, 0) is 41.3 Å². The summed E-state index contributed by atoms with van der Waals surface area (Å²) >= 11 is 0. The molecule has 0 spiro atoms. The van der Waals surface area contributed by atoms with Gasteiger partial charge in [-0.25, -0.2) is 9.29 Å². The Kier molecular flexibility index (Phi) is 6.39. The largest absolute Gasteiger partial charge is 0.395 e. The number of carbonyl (C=O) groups excluding carboxylic acids is 2. The second kappa shape index (κ2) is 9.22. The first-order chi connectivity index (χ1) is 15.4. The first-order valence-electron chi connectivity index (χ1n) is 11.0. The number of imide groups is 1. The van der Waals surface area contributed by atoms with Crippen LogP contribution in [0.1, 0.15) is 30.9 Å². The zero-order chi connectivity index (χ0) is 22.8. The predicted molar refractivity (Wildman–Crippen MR) is 121 cm³/mol. The second-order valence-corrected chi connectivity index (χ2v) is 8.47. The number of hydrogen-bond acceptors (Lipinski definition) is 5. The first-order valence-corrected chi connectivity index (χ1v) is 11.0. The number of aliphatic hydroxyl groups excluding tert-OH is 1. The molecule has 2 aromatic rings. The molecule has 2 heterocycles. The Labute approximate surface area is 187 Å². The van der Waals surface area contributed by atoms with E-state index in [-0.39, 0.29) is 12.5 Å². The summed E-state index contributed by atoms with van der Waals surface area (Å²) in [5.74, 6) is -0.812. The maximum Gasteiger partial charge on any atom is 0.282 e. The molecule has 2 amide bonds. The van der Waals surface area contributed by atoms with E-state index in [2.05, 4.69) is 18.7 Å². The number of amides is 2. The standard InChI is InChI=1S/C25H28FN3O3/c1-17(2)18-5-9-21(10-6-18)29-24(31)22(19-3-7-20(26)8-4-19)23(25(29)32)28-13-11-27(12-14-28)15-16-30/h3-10,17,30H,11-16H2,1-2H3. The van der Waals surface area contributed by atoms with Crippen LogP contribution in [0, 0.1) is 5.82 Å². The Morgan fingerprint density at radius 3 is 2.09 bits per heavy atom. The third-order valence-electron chi connectivity index (χ3n) is 6.12. The number of anilines is 1. The Hall–Kier alpha value is -3.03. The molecule has 1 N–H and O–H groups in total. The van der Waals surface area contributed by atoms with Crippen molar-refractivity contribution in [1.82, 2.24) is 9.80 Å². The minimum absolute atomic E-state index is 0.0844. The van der Waals surface area contributed by atoms with Crippen molar-refractivity contribution in [3.05, 3.63) is 71.2 Å². The van der Waals surface area contributed by atoms with Gasteiger partial charge in [-0.3, -0.25) is 14.5 Å². The molecule has 1 fully saturated rings. The SMILES string of the molecule is CC(C)c1ccc(N2C(=O)C(c3ccc(F)cc3)=C(N3CCN(CCO)CC3)C2=O)cc1. The van der Waals surface area contributed by atoms with Crippen LogP contribution in [0.3, 0.4) is 0 Å². The van der Waals surface area contributed by atoms with Gasteiger partial charge in [0.2, 0.25) is 0 Å². The summed E-state index contributed by atoms with van der Waals surface area (Å²) in [7, 11) is 0. The maximum absolute atomic E-state index is 13.6. The van der Waals surface area contributed by atoms with Crippen molar-refractivity contribution in [2.45, 2.75) is 19.8 Å². The summed E-state index contributed by atoms with van der Waals surface area (Å²) in [5, 5.41) is 9.20. The smallest absolute Gasteiger partial charge is 0.282 e. The van der Waals surface area contributed by atoms with Crippen LogP contribution in [0.2, 0.25) is 0 Å². The molecule has 4 rings (SSSR count). The van der Waals surface area contributed by atoms with Crippen LogP contribution >= 0.6 is 0 Å². The summed E-state index contributed by atoms with van der Waals surface area (Å²) in [4.78, 5) is 32.4. The van der Waals surface area contributed by atoms with Crippen molar-refractivity contribution in [3.8, 4) is 0 Å². The van der Waals surface area contributed by atoms with Gasteiger partial charge in [0.05, 0.1) is 17.9 Å². The maximum atomic E-state index is 13.6. The van der Waals surface area contributed by atoms with Crippen molar-refractivity contribution in [3.63, 3.8) is 0 Å². The number of aliphatic hydroxyl groups is 1. The predicted octanol–water partition coefficient (Wildman–Crippen LogP) is 2.84. The van der Waals surface area contributed by atoms with Gasteiger partial charge < -0.3 is 10.0 Å². The number of piperazine rings is 1. The molecule has 168 valence electrons. The van der Waals surface area contributed by atoms with Crippen molar-refractivity contribution in [2.75, 3.05) is 44.2 Å². The summed E-state index contributed by atoms with van der Waals surface area (Å²) in [5.41, 5.74) is 2.84. The third-order valence-corrected chi connectivity index (χ3v) is 6.12. The normalized spacial score (nSPS) is 17.8. The van der Waals surface area contributed by atoms with Crippen LogP contribution in [0.4, 0.5) is 10.1 Å². The Bertz CT molecular complexity index is 1020. The van der Waals surface area contributed by atoms with E-state index in [9.17, 15) is 19.1 Å². The van der Waals surface area contributed by atoms with Crippen molar-refractivity contribution < 1.29 is 19.1 Å². The fourth-order valence-corrected chi connectivity index (χ4v) is 4.27. The Morgan fingerprint density at radius 1 is 0.906 bits per heavy atom. The molecule has 0 atom stereocenters. The van der Waals surface area contributed by atoms with Gasteiger partial charge in [0.25, 0.3) is 11.8 Å². The molecule has 32 heavy (non-hydrogen) atoms. The second-order valence-electron chi connectivity index (χ2n) is 8.47. The zero-order valence-corrected chi connectivity index (χ0v) is 18.4. The highest BCUT2D eigenvalue weighted by Gasteiger charge is 2.43. The van der Waals surface area contributed by atoms with Gasteiger partial charge in [0.15, 0.2) is 0 Å². The molecular weight excluding hydrogens is 409 g/mol. The quantitative estimate of drug-likeness (QED) is 0.704. The van der Waals surface area contributed by atoms with E-state index < -0.39 is 11.7 Å². The highest BCUT2D eigenvalue weighted by Crippen LogP contribution is 2.35. The lowest BCUT2D eigenvalue weighted by Crippen LogP contribution is -2.48. The summed E-state index contributed by atoms with van der Waals surface area (Å²) < 4.78 is 13.5. The lowest BCUT2D eigenvalue weighted by atomic mass is 10.0. The number of carbonyl (C=O) groups is 2. The highest BCUT2D eigenvalue weighted by atomic mass is 19.1. The molecule has 6 nitrogen and oxygen atoms in total. The van der Waals surface area contributed by atoms with Gasteiger partial charge in [-0.1, -0.05) is 38.1 Å². The molecule has 7 heteroatoms. The van der Waals surface area contributed by atoms with Crippen molar-refractivity contribution in [1.29, 1.82) is 0 Å². The van der Waals surface area contributed by atoms with Gasteiger partial charge >= 0.3 is 0 Å². The van der Waals surface area contributed by atoms with Gasteiger partial charge in [-0.15, -0.1) is 0 Å². The average Bonchev–Trinajstić information content (AvgIpc) is 3.05. The minimum atomic E-state index is -0.397. The van der Waals surface area contributed by atoms with E-state index in [1.54, 1.807) is 24.3 Å². The Morgan fingerprint density at radius 2 is 1.53 bits per heavy atom. The van der Waals surface area contributed by atoms with E-state index in [0.717, 1.165) is 5.56 Å². The van der Waals surface area contributed by atoms with Crippen molar-refractivity contribution in [2.24, 2.45) is 0 Å². The lowest BCUT2D eigenvalue weighted by Gasteiger charge is -2.36. The number of β-amino-alcohol motifs (C(OH)–C–C–N with tert-alkyl or cyclic N) is 1. The number of halogens is 1. The summed E-state index contributed by atoms with van der Waals surface area (Å²) in [6, 6.07) is 13.2. The monoisotopic (exact) mass is 437 g/mol. The lowest BCUT2D eigenvalue weighted by molar-refractivity contribution is -0.120. The van der Waals surface area contributed by atoms with E-state index >= 15 is 0 Å². The molecule has 2 aliphatic rings. The molecule has 0 aliphatic carbocycles. The van der Waals surface area contributed by atoms with Crippen LogP contribution in [0.25, 0.3) is 5.57 Å². The average molecular weight is 438 g/mol. The molecule has 2 aromatic carbocycles. The molecule has 0 saturated carbocycles. The van der Waals surface area contributed by atoms with Gasteiger partial charge in [0, 0.05) is 32.7 Å². The van der Waals surface area contributed by atoms with Crippen LogP contribution < -0.4 is 4.90 Å². The third kappa shape index (κ3) is 4.18. The highest BCUT2D eigenvalue weighted by molar-refractivity contribution is 6.45. The van der Waals surface area contributed by atoms with Crippen molar-refractivity contribution >= 4 is 23.1 Å². The number of rotatable bonds is 6. The molecule has 0 radical (unpaired) electrons. The van der Waals surface area contributed by atoms with Crippen LogP contribution in [-0.4, -0.2) is 66.1 Å². The van der Waals surface area contributed by atoms with Crippen LogP contribution in [0.15, 0.2) is 54.2 Å². The molecular formula is C25H28FN3O3. The number of nitrogens with zero attached hydrogens (tertiary/aromatic N) is 3.